The molecule has 0 fully saturated rings. The number of carboxylic acid groups (broad SMARTS) is 1. The van der Waals surface area contributed by atoms with E-state index in [1.165, 1.54) is 23.0 Å². The van der Waals surface area contributed by atoms with Crippen LogP contribution in [0.5, 0.6) is 0 Å². The van der Waals surface area contributed by atoms with Crippen molar-refractivity contribution in [3.63, 3.8) is 0 Å². The minimum absolute atomic E-state index is 0.00291. The van der Waals surface area contributed by atoms with Gasteiger partial charge >= 0.3 is 5.97 Å². The second kappa shape index (κ2) is 6.47. The molecule has 0 amide bonds. The highest BCUT2D eigenvalue weighted by Gasteiger charge is 2.22. The molecular formula is C14H18N4O4S. The number of nitrogens with zero attached hydrogens (tertiary/aromatic N) is 3. The number of sulfonamides is 1. The lowest BCUT2D eigenvalue weighted by atomic mass is 10.0. The SMILES string of the molecule is CC(C)C[C@@H](C(=O)O)n1cc(-c2ccc(S(N)(=O)=O)cc2)nn1. The summed E-state index contributed by atoms with van der Waals surface area (Å²) in [4.78, 5) is 11.4. The highest BCUT2D eigenvalue weighted by molar-refractivity contribution is 7.89. The van der Waals surface area contributed by atoms with Gasteiger partial charge in [-0.05, 0) is 24.5 Å². The maximum atomic E-state index is 11.4. The summed E-state index contributed by atoms with van der Waals surface area (Å²) in [5, 5.41) is 22.2. The van der Waals surface area contributed by atoms with Crippen LogP contribution in [0.15, 0.2) is 35.4 Å². The highest BCUT2D eigenvalue weighted by atomic mass is 32.2. The first-order chi connectivity index (χ1) is 10.7. The van der Waals surface area contributed by atoms with E-state index in [1.54, 1.807) is 12.1 Å². The van der Waals surface area contributed by atoms with Gasteiger partial charge in [-0.15, -0.1) is 5.10 Å². The zero-order valence-corrected chi connectivity index (χ0v) is 13.6. The molecule has 9 heteroatoms. The van der Waals surface area contributed by atoms with Crippen LogP contribution in [0.4, 0.5) is 0 Å². The van der Waals surface area contributed by atoms with E-state index in [0.717, 1.165) is 0 Å². The number of hydrogen-bond acceptors (Lipinski definition) is 5. The van der Waals surface area contributed by atoms with Crippen LogP contribution in [0.3, 0.4) is 0 Å². The number of aromatic nitrogens is 3. The third-order valence-corrected chi connectivity index (χ3v) is 4.22. The van der Waals surface area contributed by atoms with Crippen molar-refractivity contribution < 1.29 is 18.3 Å². The Labute approximate surface area is 134 Å². The van der Waals surface area contributed by atoms with E-state index in [-0.39, 0.29) is 10.8 Å². The lowest BCUT2D eigenvalue weighted by molar-refractivity contribution is -0.141. The second-order valence-electron chi connectivity index (χ2n) is 5.64. The lowest BCUT2D eigenvalue weighted by Crippen LogP contribution is -2.21. The first-order valence-electron chi connectivity index (χ1n) is 6.96. The van der Waals surface area contributed by atoms with Gasteiger partial charge in [-0.1, -0.05) is 31.2 Å². The van der Waals surface area contributed by atoms with Crippen LogP contribution in [0.2, 0.25) is 0 Å². The monoisotopic (exact) mass is 338 g/mol. The molecule has 1 heterocycles. The quantitative estimate of drug-likeness (QED) is 0.816. The summed E-state index contributed by atoms with van der Waals surface area (Å²) in [6, 6.07) is 5.04. The van der Waals surface area contributed by atoms with Gasteiger partial charge in [0.1, 0.15) is 5.69 Å². The normalized spacial score (nSPS) is 13.2. The predicted molar refractivity (Wildman–Crippen MR) is 83.0 cm³/mol. The van der Waals surface area contributed by atoms with Gasteiger partial charge in [0.15, 0.2) is 6.04 Å². The average Bonchev–Trinajstić information content (AvgIpc) is 2.93. The minimum Gasteiger partial charge on any atom is -0.480 e. The van der Waals surface area contributed by atoms with Crippen LogP contribution in [0.25, 0.3) is 11.3 Å². The molecule has 0 radical (unpaired) electrons. The number of hydrogen-bond donors (Lipinski definition) is 2. The highest BCUT2D eigenvalue weighted by Crippen LogP contribution is 2.22. The van der Waals surface area contributed by atoms with E-state index in [2.05, 4.69) is 10.3 Å². The Kier molecular flexibility index (Phi) is 4.81. The molecule has 0 saturated carbocycles. The molecule has 1 aromatic carbocycles. The molecule has 0 bridgehead atoms. The summed E-state index contributed by atoms with van der Waals surface area (Å²) in [5.41, 5.74) is 1.08. The van der Waals surface area contributed by atoms with Crippen molar-refractivity contribution in [3.05, 3.63) is 30.5 Å². The molecule has 0 unspecified atom stereocenters. The van der Waals surface area contributed by atoms with Crippen LogP contribution in [-0.2, 0) is 14.8 Å². The Morgan fingerprint density at radius 3 is 2.39 bits per heavy atom. The van der Waals surface area contributed by atoms with Crippen molar-refractivity contribution >= 4 is 16.0 Å². The van der Waals surface area contributed by atoms with E-state index >= 15 is 0 Å². The van der Waals surface area contributed by atoms with E-state index in [0.29, 0.717) is 17.7 Å². The lowest BCUT2D eigenvalue weighted by Gasteiger charge is -2.13. The zero-order chi connectivity index (χ0) is 17.2. The molecular weight excluding hydrogens is 320 g/mol. The molecule has 1 atom stereocenters. The fourth-order valence-electron chi connectivity index (χ4n) is 2.15. The molecule has 124 valence electrons. The Hall–Kier alpha value is -2.26. The molecule has 0 aliphatic rings. The predicted octanol–water partition coefficient (Wildman–Crippen LogP) is 1.26. The Bertz CT molecular complexity index is 796. The molecule has 1 aromatic heterocycles. The van der Waals surface area contributed by atoms with Crippen LogP contribution < -0.4 is 5.14 Å². The summed E-state index contributed by atoms with van der Waals surface area (Å²) >= 11 is 0. The van der Waals surface area contributed by atoms with Gasteiger partial charge in [0.25, 0.3) is 0 Å². The summed E-state index contributed by atoms with van der Waals surface area (Å²) in [6.07, 6.45) is 1.97. The molecule has 3 N–H and O–H groups in total. The van der Waals surface area contributed by atoms with Gasteiger partial charge in [0.05, 0.1) is 11.1 Å². The van der Waals surface area contributed by atoms with E-state index in [9.17, 15) is 18.3 Å². The molecule has 0 aliphatic carbocycles. The largest absolute Gasteiger partial charge is 0.480 e. The van der Waals surface area contributed by atoms with Gasteiger partial charge in [0.2, 0.25) is 10.0 Å². The fraction of sp³-hybridized carbons (Fsp3) is 0.357. The first-order valence-corrected chi connectivity index (χ1v) is 8.51. The van der Waals surface area contributed by atoms with Gasteiger partial charge < -0.3 is 5.11 Å². The van der Waals surface area contributed by atoms with Gasteiger partial charge in [0, 0.05) is 5.56 Å². The third-order valence-electron chi connectivity index (χ3n) is 3.29. The third kappa shape index (κ3) is 4.14. The molecule has 0 spiro atoms. The number of benzene rings is 1. The first kappa shape index (κ1) is 17.1. The zero-order valence-electron chi connectivity index (χ0n) is 12.7. The summed E-state index contributed by atoms with van der Waals surface area (Å²) in [7, 11) is -3.75. The molecule has 0 aliphatic heterocycles. The number of carboxylic acids is 1. The summed E-state index contributed by atoms with van der Waals surface area (Å²) in [6.45, 7) is 3.86. The maximum Gasteiger partial charge on any atom is 0.328 e. The summed E-state index contributed by atoms with van der Waals surface area (Å²) in [5.74, 6) is -0.780. The molecule has 0 saturated heterocycles. The molecule has 2 rings (SSSR count). The number of primary sulfonamides is 1. The van der Waals surface area contributed by atoms with E-state index < -0.39 is 22.0 Å². The Morgan fingerprint density at radius 2 is 1.91 bits per heavy atom. The van der Waals surface area contributed by atoms with Crippen LogP contribution in [-0.4, -0.2) is 34.5 Å². The Morgan fingerprint density at radius 1 is 1.30 bits per heavy atom. The van der Waals surface area contributed by atoms with Crippen molar-refractivity contribution in [2.45, 2.75) is 31.2 Å². The van der Waals surface area contributed by atoms with Crippen molar-refractivity contribution in [3.8, 4) is 11.3 Å². The van der Waals surface area contributed by atoms with Gasteiger partial charge in [-0.3, -0.25) is 0 Å². The van der Waals surface area contributed by atoms with Crippen molar-refractivity contribution in [1.82, 2.24) is 15.0 Å². The van der Waals surface area contributed by atoms with Crippen LogP contribution in [0, 0.1) is 5.92 Å². The number of rotatable bonds is 6. The van der Waals surface area contributed by atoms with Crippen molar-refractivity contribution in [1.29, 1.82) is 0 Å². The smallest absolute Gasteiger partial charge is 0.328 e. The summed E-state index contributed by atoms with van der Waals surface area (Å²) < 4.78 is 23.8. The number of nitrogens with two attached hydrogens (primary N) is 1. The second-order valence-corrected chi connectivity index (χ2v) is 7.20. The van der Waals surface area contributed by atoms with Crippen molar-refractivity contribution in [2.75, 3.05) is 0 Å². The minimum atomic E-state index is -3.75. The molecule has 23 heavy (non-hydrogen) atoms. The fourth-order valence-corrected chi connectivity index (χ4v) is 2.66. The Balaban J connectivity index is 2.29. The van der Waals surface area contributed by atoms with Crippen LogP contribution in [0.1, 0.15) is 26.3 Å². The number of aliphatic carboxylic acids is 1. The van der Waals surface area contributed by atoms with E-state index in [1.807, 2.05) is 13.8 Å². The maximum absolute atomic E-state index is 11.4. The topological polar surface area (TPSA) is 128 Å². The van der Waals surface area contributed by atoms with Gasteiger partial charge in [-0.25, -0.2) is 23.0 Å². The molecule has 2 aromatic rings. The standard InChI is InChI=1S/C14H18N4O4S/c1-9(2)7-13(14(19)20)18-8-12(16-17-18)10-3-5-11(6-4-10)23(15,21)22/h3-6,8-9,13H,7H2,1-2H3,(H,19,20)(H2,15,21,22)/t13-/m0/s1. The average molecular weight is 338 g/mol. The number of carbonyl (C=O) groups is 1. The molecule has 8 nitrogen and oxygen atoms in total. The van der Waals surface area contributed by atoms with E-state index in [4.69, 9.17) is 5.14 Å². The van der Waals surface area contributed by atoms with Crippen molar-refractivity contribution in [2.24, 2.45) is 11.1 Å². The van der Waals surface area contributed by atoms with Crippen LogP contribution >= 0.6 is 0 Å². The van der Waals surface area contributed by atoms with Gasteiger partial charge in [-0.2, -0.15) is 0 Å².